The van der Waals surface area contributed by atoms with E-state index in [0.29, 0.717) is 44.2 Å². The molecule has 1 saturated heterocycles. The van der Waals surface area contributed by atoms with Crippen molar-refractivity contribution in [2.45, 2.75) is 35.9 Å². The van der Waals surface area contributed by atoms with Crippen molar-refractivity contribution in [2.24, 2.45) is 0 Å². The predicted molar refractivity (Wildman–Crippen MR) is 170 cm³/mol. The molecule has 44 heavy (non-hydrogen) atoms. The summed E-state index contributed by atoms with van der Waals surface area (Å²) in [5.74, 6) is -1.44. The first-order valence-corrected chi connectivity index (χ1v) is 15.9. The normalized spacial score (nSPS) is 15.9. The summed E-state index contributed by atoms with van der Waals surface area (Å²) in [5.41, 5.74) is 1.93. The maximum absolute atomic E-state index is 13.5. The minimum absolute atomic E-state index is 0.110. The summed E-state index contributed by atoms with van der Waals surface area (Å²) in [6, 6.07) is 19.4. The fourth-order valence-electron chi connectivity index (χ4n) is 4.58. The van der Waals surface area contributed by atoms with Gasteiger partial charge in [0.25, 0.3) is 5.78 Å². The molecule has 0 radical (unpaired) electrons. The van der Waals surface area contributed by atoms with E-state index in [1.807, 2.05) is 18.2 Å². The lowest BCUT2D eigenvalue weighted by Crippen LogP contribution is -2.29. The zero-order valence-electron chi connectivity index (χ0n) is 23.9. The Morgan fingerprint density at radius 1 is 1.02 bits per heavy atom. The Bertz CT molecular complexity index is 1710. The van der Waals surface area contributed by atoms with Gasteiger partial charge in [0.05, 0.1) is 30.9 Å². The van der Waals surface area contributed by atoms with Crippen LogP contribution >= 0.6 is 34.7 Å². The molecule has 0 saturated carbocycles. The Labute approximate surface area is 267 Å². The van der Waals surface area contributed by atoms with Gasteiger partial charge in [0.2, 0.25) is 5.13 Å². The number of anilines is 1. The topological polar surface area (TPSA) is 119 Å². The van der Waals surface area contributed by atoms with Crippen molar-refractivity contribution >= 4 is 63.3 Å². The summed E-state index contributed by atoms with van der Waals surface area (Å²) in [4.78, 5) is 40.4. The summed E-state index contributed by atoms with van der Waals surface area (Å²) in [6.45, 7) is 2.64. The minimum Gasteiger partial charge on any atom is -0.507 e. The number of halogens is 1. The molecule has 9 nitrogen and oxygen atoms in total. The van der Waals surface area contributed by atoms with Crippen LogP contribution in [0.5, 0.6) is 5.75 Å². The van der Waals surface area contributed by atoms with Crippen LogP contribution in [0.4, 0.5) is 5.13 Å². The third-order valence-corrected chi connectivity index (χ3v) is 9.37. The van der Waals surface area contributed by atoms with E-state index in [1.54, 1.807) is 42.5 Å². The molecule has 1 N–H and O–H groups in total. The van der Waals surface area contributed by atoms with Crippen molar-refractivity contribution in [2.75, 3.05) is 18.6 Å². The number of ketones is 1. The highest BCUT2D eigenvalue weighted by molar-refractivity contribution is 8.00. The van der Waals surface area contributed by atoms with E-state index in [1.165, 1.54) is 35.9 Å². The van der Waals surface area contributed by atoms with Crippen LogP contribution in [0.3, 0.4) is 0 Å². The van der Waals surface area contributed by atoms with Crippen molar-refractivity contribution in [1.29, 1.82) is 0 Å². The van der Waals surface area contributed by atoms with Crippen LogP contribution in [0.2, 0.25) is 5.02 Å². The third-order valence-electron chi connectivity index (χ3n) is 6.90. The quantitative estimate of drug-likeness (QED) is 0.0346. The van der Waals surface area contributed by atoms with E-state index in [9.17, 15) is 19.5 Å². The number of esters is 1. The Balaban J connectivity index is 1.51. The van der Waals surface area contributed by atoms with Gasteiger partial charge in [-0.2, -0.15) is 0 Å². The van der Waals surface area contributed by atoms with Gasteiger partial charge < -0.3 is 14.6 Å². The number of aliphatic hydroxyl groups is 1. The summed E-state index contributed by atoms with van der Waals surface area (Å²) in [6.07, 6.45) is 1.90. The second kappa shape index (κ2) is 14.1. The van der Waals surface area contributed by atoms with E-state index >= 15 is 0 Å². The molecule has 12 heteroatoms. The Kier molecular flexibility index (Phi) is 9.99. The van der Waals surface area contributed by atoms with Gasteiger partial charge >= 0.3 is 11.9 Å². The number of benzene rings is 3. The van der Waals surface area contributed by atoms with Gasteiger partial charge in [-0.25, -0.2) is 4.79 Å². The number of rotatable bonds is 11. The van der Waals surface area contributed by atoms with Gasteiger partial charge in [0.15, 0.2) is 4.34 Å². The first kappa shape index (κ1) is 31.2. The fourth-order valence-corrected chi connectivity index (χ4v) is 6.73. The second-order valence-electron chi connectivity index (χ2n) is 9.74. The van der Waals surface area contributed by atoms with Crippen LogP contribution < -0.4 is 9.64 Å². The average molecular weight is 650 g/mol. The number of carbonyl (C=O) groups excluding carboxylic acids is 3. The van der Waals surface area contributed by atoms with Gasteiger partial charge in [0, 0.05) is 16.3 Å². The van der Waals surface area contributed by atoms with Crippen LogP contribution in [0.15, 0.2) is 82.7 Å². The number of aromatic nitrogens is 2. The largest absolute Gasteiger partial charge is 0.507 e. The van der Waals surface area contributed by atoms with E-state index in [4.69, 9.17) is 21.1 Å². The molecule has 0 bridgehead atoms. The molecular formula is C32H28ClN3O6S2. The molecule has 1 atom stereocenters. The maximum Gasteiger partial charge on any atom is 0.337 e. The van der Waals surface area contributed by atoms with Gasteiger partial charge in [0.1, 0.15) is 11.5 Å². The zero-order chi connectivity index (χ0) is 31.2. The highest BCUT2D eigenvalue weighted by Gasteiger charge is 2.48. The van der Waals surface area contributed by atoms with Crippen molar-refractivity contribution in [3.05, 3.63) is 106 Å². The highest BCUT2D eigenvalue weighted by Crippen LogP contribution is 2.44. The van der Waals surface area contributed by atoms with Crippen LogP contribution in [0.25, 0.3) is 5.76 Å². The van der Waals surface area contributed by atoms with E-state index in [-0.39, 0.29) is 16.5 Å². The molecule has 1 aliphatic heterocycles. The fraction of sp³-hybridized carbons (Fsp3) is 0.219. The molecule has 0 unspecified atom stereocenters. The first-order valence-electron chi connectivity index (χ1n) is 13.7. The lowest BCUT2D eigenvalue weighted by atomic mass is 9.94. The molecule has 0 aliphatic carbocycles. The standard InChI is InChI=1S/C32H28ClN3O6S2/c1-3-4-17-42-23-15-13-20(14-16-23)27(37)25-26(19-9-11-21(12-10-19)30(40)41-2)36(29(39)28(25)38)31-34-35-32(44-31)43-18-22-7-5-6-8-24(22)33/h5-16,26,37H,3-4,17-18H2,1-2H3/t26-/m1/s1. The molecule has 2 heterocycles. The predicted octanol–water partition coefficient (Wildman–Crippen LogP) is 7.08. The maximum atomic E-state index is 13.5. The number of nitrogens with zero attached hydrogens (tertiary/aromatic N) is 3. The van der Waals surface area contributed by atoms with Crippen LogP contribution in [-0.2, 0) is 20.1 Å². The number of hydrogen-bond donors (Lipinski definition) is 1. The number of thioether (sulfide) groups is 1. The van der Waals surface area contributed by atoms with E-state index in [2.05, 4.69) is 17.1 Å². The number of methoxy groups -OCH3 is 1. The van der Waals surface area contributed by atoms with Gasteiger partial charge in [-0.3, -0.25) is 14.5 Å². The number of carbonyl (C=O) groups is 3. The van der Waals surface area contributed by atoms with Gasteiger partial charge in [-0.05, 0) is 60.0 Å². The smallest absolute Gasteiger partial charge is 0.337 e. The number of ether oxygens (including phenoxy) is 2. The number of aliphatic hydroxyl groups excluding tert-OH is 1. The molecule has 5 rings (SSSR count). The Morgan fingerprint density at radius 2 is 1.73 bits per heavy atom. The molecule has 4 aromatic rings. The van der Waals surface area contributed by atoms with E-state index < -0.39 is 23.7 Å². The number of amides is 1. The summed E-state index contributed by atoms with van der Waals surface area (Å²) < 4.78 is 11.1. The Hall–Kier alpha value is -4.19. The van der Waals surface area contributed by atoms with Crippen LogP contribution in [0.1, 0.15) is 52.9 Å². The number of hydrogen-bond acceptors (Lipinski definition) is 10. The molecule has 226 valence electrons. The molecule has 1 aliphatic rings. The van der Waals surface area contributed by atoms with Crippen LogP contribution in [0, 0.1) is 0 Å². The number of unbranched alkanes of at least 4 members (excludes halogenated alkanes) is 1. The second-order valence-corrected chi connectivity index (χ2v) is 12.3. The average Bonchev–Trinajstić information content (AvgIpc) is 3.62. The summed E-state index contributed by atoms with van der Waals surface area (Å²) in [5, 5.41) is 20.7. The SMILES string of the molecule is CCCCOc1ccc(C(O)=C2C(=O)C(=O)N(c3nnc(SCc4ccccc4Cl)s3)[C@@H]2c2ccc(C(=O)OC)cc2)cc1. The van der Waals surface area contributed by atoms with Gasteiger partial charge in [-0.1, -0.05) is 78.4 Å². The molecule has 0 spiro atoms. The van der Waals surface area contributed by atoms with Gasteiger partial charge in [-0.15, -0.1) is 10.2 Å². The monoisotopic (exact) mass is 649 g/mol. The molecule has 1 fully saturated rings. The highest BCUT2D eigenvalue weighted by atomic mass is 35.5. The minimum atomic E-state index is -1.03. The Morgan fingerprint density at radius 3 is 2.41 bits per heavy atom. The third kappa shape index (κ3) is 6.64. The lowest BCUT2D eigenvalue weighted by Gasteiger charge is -2.22. The number of Topliss-reactive ketones (excluding diaryl/α,β-unsaturated/α-hetero) is 1. The molecule has 1 aromatic heterocycles. The summed E-state index contributed by atoms with van der Waals surface area (Å²) >= 11 is 8.84. The molecule has 1 amide bonds. The first-order chi connectivity index (χ1) is 21.3. The summed E-state index contributed by atoms with van der Waals surface area (Å²) in [7, 11) is 1.28. The lowest BCUT2D eigenvalue weighted by molar-refractivity contribution is -0.132. The van der Waals surface area contributed by atoms with Crippen molar-refractivity contribution in [3.63, 3.8) is 0 Å². The van der Waals surface area contributed by atoms with E-state index in [0.717, 1.165) is 29.7 Å². The molecular weight excluding hydrogens is 622 g/mol. The van der Waals surface area contributed by atoms with Crippen molar-refractivity contribution in [1.82, 2.24) is 10.2 Å². The van der Waals surface area contributed by atoms with Crippen molar-refractivity contribution < 1.29 is 29.0 Å². The van der Waals surface area contributed by atoms with Crippen LogP contribution in [-0.4, -0.2) is 46.7 Å². The molecule has 3 aromatic carbocycles. The zero-order valence-corrected chi connectivity index (χ0v) is 26.2. The van der Waals surface area contributed by atoms with Crippen molar-refractivity contribution in [3.8, 4) is 5.75 Å².